The van der Waals surface area contributed by atoms with Crippen molar-refractivity contribution in [3.63, 3.8) is 0 Å². The Balaban J connectivity index is 1.37. The number of furan rings is 1. The minimum absolute atomic E-state index is 0.133. The molecule has 0 spiro atoms. The third-order valence-corrected chi connectivity index (χ3v) is 4.77. The number of carbonyl (C=O) groups is 1. The van der Waals surface area contributed by atoms with E-state index in [0.717, 1.165) is 5.56 Å². The molecule has 0 aliphatic rings. The normalized spacial score (nSPS) is 10.7. The summed E-state index contributed by atoms with van der Waals surface area (Å²) in [5, 5.41) is 7.96. The van der Waals surface area contributed by atoms with Crippen LogP contribution < -0.4 is 10.1 Å². The van der Waals surface area contributed by atoms with E-state index < -0.39 is 0 Å². The lowest BCUT2D eigenvalue weighted by Crippen LogP contribution is -2.11. The van der Waals surface area contributed by atoms with Gasteiger partial charge in [0.1, 0.15) is 18.1 Å². The van der Waals surface area contributed by atoms with Crippen LogP contribution in [0.25, 0.3) is 0 Å². The fraction of sp³-hybridized carbons (Fsp3) is 0.0909. The van der Waals surface area contributed by atoms with Crippen LogP contribution in [0.5, 0.6) is 5.75 Å². The predicted molar refractivity (Wildman–Crippen MR) is 115 cm³/mol. The Hall–Kier alpha value is -3.22. The fourth-order valence-electron chi connectivity index (χ4n) is 2.84. The van der Waals surface area contributed by atoms with Gasteiger partial charge < -0.3 is 14.5 Å². The molecule has 0 saturated heterocycles. The lowest BCUT2D eigenvalue weighted by Gasteiger charge is -2.07. The number of aromatic nitrogens is 2. The lowest BCUT2D eigenvalue weighted by atomic mass is 10.2. The molecular weight excluding hydrogens is 425 g/mol. The Morgan fingerprint density at radius 1 is 1.10 bits per heavy atom. The van der Waals surface area contributed by atoms with Crippen LogP contribution in [0.3, 0.4) is 0 Å². The number of nitrogens with one attached hydrogen (secondary N) is 1. The van der Waals surface area contributed by atoms with Gasteiger partial charge in [-0.2, -0.15) is 5.10 Å². The third-order valence-electron chi connectivity index (χ3n) is 4.24. The summed E-state index contributed by atoms with van der Waals surface area (Å²) in [7, 11) is 0. The van der Waals surface area contributed by atoms with Crippen LogP contribution in [0, 0.1) is 0 Å². The average molecular weight is 442 g/mol. The maximum Gasteiger partial charge on any atom is 0.291 e. The van der Waals surface area contributed by atoms with Crippen molar-refractivity contribution in [1.82, 2.24) is 9.78 Å². The van der Waals surface area contributed by atoms with Gasteiger partial charge in [0.05, 0.1) is 11.6 Å². The maximum absolute atomic E-state index is 12.5. The molecule has 0 aliphatic carbocycles. The number of hydrogen-bond acceptors (Lipinski definition) is 4. The summed E-state index contributed by atoms with van der Waals surface area (Å²) in [6.45, 7) is 0.750. The van der Waals surface area contributed by atoms with E-state index in [-0.39, 0.29) is 18.3 Å². The van der Waals surface area contributed by atoms with Crippen molar-refractivity contribution in [2.75, 3.05) is 5.32 Å². The highest BCUT2D eigenvalue weighted by molar-refractivity contribution is 6.35. The first-order valence-corrected chi connectivity index (χ1v) is 9.87. The number of ether oxygens (including phenoxy) is 1. The molecule has 1 N–H and O–H groups in total. The highest BCUT2D eigenvalue weighted by Gasteiger charge is 2.13. The van der Waals surface area contributed by atoms with Crippen LogP contribution in [-0.2, 0) is 13.2 Å². The van der Waals surface area contributed by atoms with Gasteiger partial charge >= 0.3 is 0 Å². The molecule has 0 atom stereocenters. The van der Waals surface area contributed by atoms with E-state index >= 15 is 0 Å². The van der Waals surface area contributed by atoms with Gasteiger partial charge in [0.25, 0.3) is 5.91 Å². The molecule has 0 unspecified atom stereocenters. The summed E-state index contributed by atoms with van der Waals surface area (Å²) in [6.07, 6.45) is 3.61. The number of amides is 1. The quantitative estimate of drug-likeness (QED) is 0.401. The Kier molecular flexibility index (Phi) is 6.07. The molecule has 8 heteroatoms. The number of carbonyl (C=O) groups excluding carboxylic acids is 1. The Labute approximate surface area is 183 Å². The number of halogens is 2. The predicted octanol–water partition coefficient (Wildman–Crippen LogP) is 5.66. The molecule has 152 valence electrons. The molecule has 0 fully saturated rings. The second-order valence-electron chi connectivity index (χ2n) is 6.49. The smallest absolute Gasteiger partial charge is 0.291 e. The number of benzene rings is 2. The molecule has 4 aromatic rings. The van der Waals surface area contributed by atoms with Gasteiger partial charge in [-0.15, -0.1) is 0 Å². The Morgan fingerprint density at radius 3 is 2.80 bits per heavy atom. The summed E-state index contributed by atoms with van der Waals surface area (Å²) in [4.78, 5) is 12.5. The van der Waals surface area contributed by atoms with Crippen molar-refractivity contribution in [2.45, 2.75) is 13.2 Å². The van der Waals surface area contributed by atoms with E-state index in [4.69, 9.17) is 32.4 Å². The number of rotatable bonds is 7. The molecule has 0 radical (unpaired) electrons. The molecule has 4 rings (SSSR count). The van der Waals surface area contributed by atoms with E-state index in [0.29, 0.717) is 33.8 Å². The molecule has 6 nitrogen and oxygen atoms in total. The van der Waals surface area contributed by atoms with Crippen molar-refractivity contribution in [2.24, 2.45) is 0 Å². The van der Waals surface area contributed by atoms with Crippen molar-refractivity contribution >= 4 is 34.8 Å². The van der Waals surface area contributed by atoms with Gasteiger partial charge in [-0.3, -0.25) is 9.48 Å². The average Bonchev–Trinajstić information content (AvgIpc) is 3.40. The molecule has 0 bridgehead atoms. The summed E-state index contributed by atoms with van der Waals surface area (Å²) < 4.78 is 13.0. The topological polar surface area (TPSA) is 69.3 Å². The molecule has 2 heterocycles. The highest BCUT2D eigenvalue weighted by Crippen LogP contribution is 2.28. The van der Waals surface area contributed by atoms with Gasteiger partial charge in [0.2, 0.25) is 0 Å². The maximum atomic E-state index is 12.5. The van der Waals surface area contributed by atoms with Crippen LogP contribution in [0.4, 0.5) is 5.69 Å². The molecule has 0 saturated carbocycles. The van der Waals surface area contributed by atoms with Crippen molar-refractivity contribution in [1.29, 1.82) is 0 Å². The minimum Gasteiger partial charge on any atom is -0.484 e. The Bertz CT molecular complexity index is 1160. The number of anilines is 1. The first kappa shape index (κ1) is 20.1. The van der Waals surface area contributed by atoms with Gasteiger partial charge in [0.15, 0.2) is 5.76 Å². The molecular formula is C22H17Cl2N3O3. The van der Waals surface area contributed by atoms with Crippen LogP contribution in [0.2, 0.25) is 10.0 Å². The molecule has 1 amide bonds. The van der Waals surface area contributed by atoms with Gasteiger partial charge in [0, 0.05) is 23.1 Å². The number of hydrogen-bond donors (Lipinski definition) is 1. The second kappa shape index (κ2) is 9.07. The largest absolute Gasteiger partial charge is 0.484 e. The SMILES string of the molecule is O=C(Nc1cccc(Cn2cccn2)c1)c1ccc(COc2ccc(Cl)cc2Cl)o1. The number of nitrogens with zero attached hydrogens (tertiary/aromatic N) is 2. The van der Waals surface area contributed by atoms with Gasteiger partial charge in [-0.1, -0.05) is 35.3 Å². The molecule has 30 heavy (non-hydrogen) atoms. The summed E-state index contributed by atoms with van der Waals surface area (Å²) in [5.41, 5.74) is 1.69. The van der Waals surface area contributed by atoms with Crippen LogP contribution in [0.15, 0.2) is 77.5 Å². The monoisotopic (exact) mass is 441 g/mol. The highest BCUT2D eigenvalue weighted by atomic mass is 35.5. The standard InChI is InChI=1S/C22H17Cl2N3O3/c23-16-5-7-20(19(24)12-16)29-14-18-6-8-21(30-18)22(28)26-17-4-1-3-15(11-17)13-27-10-2-9-25-27/h1-12H,13-14H2,(H,26,28). The first-order chi connectivity index (χ1) is 14.6. The fourth-order valence-corrected chi connectivity index (χ4v) is 3.30. The summed E-state index contributed by atoms with van der Waals surface area (Å²) >= 11 is 12.0. The minimum atomic E-state index is -0.345. The molecule has 2 aromatic carbocycles. The van der Waals surface area contributed by atoms with Crippen LogP contribution >= 0.6 is 23.2 Å². The van der Waals surface area contributed by atoms with E-state index in [1.807, 2.05) is 41.2 Å². The molecule has 0 aliphatic heterocycles. The Morgan fingerprint density at radius 2 is 2.00 bits per heavy atom. The second-order valence-corrected chi connectivity index (χ2v) is 7.33. The van der Waals surface area contributed by atoms with E-state index in [2.05, 4.69) is 10.4 Å². The van der Waals surface area contributed by atoms with Crippen LogP contribution in [0.1, 0.15) is 21.9 Å². The zero-order valence-corrected chi connectivity index (χ0v) is 17.2. The zero-order valence-electron chi connectivity index (χ0n) is 15.7. The summed E-state index contributed by atoms with van der Waals surface area (Å²) in [6, 6.07) is 17.7. The van der Waals surface area contributed by atoms with E-state index in [9.17, 15) is 4.79 Å². The third kappa shape index (κ3) is 5.03. The van der Waals surface area contributed by atoms with Gasteiger partial charge in [-0.25, -0.2) is 0 Å². The van der Waals surface area contributed by atoms with Crippen molar-refractivity contribution in [3.8, 4) is 5.75 Å². The van der Waals surface area contributed by atoms with Crippen LogP contribution in [-0.4, -0.2) is 15.7 Å². The van der Waals surface area contributed by atoms with E-state index in [1.54, 1.807) is 36.5 Å². The van der Waals surface area contributed by atoms with Crippen molar-refractivity contribution < 1.29 is 13.9 Å². The van der Waals surface area contributed by atoms with Gasteiger partial charge in [-0.05, 0) is 54.1 Å². The van der Waals surface area contributed by atoms with Crippen molar-refractivity contribution in [3.05, 3.63) is 100 Å². The lowest BCUT2D eigenvalue weighted by molar-refractivity contribution is 0.0992. The first-order valence-electron chi connectivity index (χ1n) is 9.11. The molecule has 2 aromatic heterocycles. The zero-order chi connectivity index (χ0) is 20.9. The van der Waals surface area contributed by atoms with E-state index in [1.165, 1.54) is 0 Å². The summed E-state index contributed by atoms with van der Waals surface area (Å²) in [5.74, 6) is 0.825.